The molecule has 1 aromatic carbocycles. The molecule has 21 heavy (non-hydrogen) atoms. The summed E-state index contributed by atoms with van der Waals surface area (Å²) in [6, 6.07) is 11.3. The van der Waals surface area contributed by atoms with Gasteiger partial charge >= 0.3 is 0 Å². The van der Waals surface area contributed by atoms with Crippen molar-refractivity contribution in [2.24, 2.45) is 7.05 Å². The van der Waals surface area contributed by atoms with Gasteiger partial charge in [-0.1, -0.05) is 24.3 Å². The molecule has 0 aliphatic heterocycles. The molecule has 0 unspecified atom stereocenters. The zero-order valence-electron chi connectivity index (χ0n) is 11.8. The summed E-state index contributed by atoms with van der Waals surface area (Å²) in [6.45, 7) is 0. The number of anilines is 2. The van der Waals surface area contributed by atoms with Gasteiger partial charge in [0.2, 0.25) is 0 Å². The van der Waals surface area contributed by atoms with E-state index in [4.69, 9.17) is 0 Å². The number of pyridine rings is 1. The third kappa shape index (κ3) is 2.55. The second kappa shape index (κ2) is 5.24. The predicted octanol–water partition coefficient (Wildman–Crippen LogP) is 2.26. The van der Waals surface area contributed by atoms with Crippen LogP contribution < -0.4 is 10.6 Å². The first-order valence-corrected chi connectivity index (χ1v) is 6.56. The molecule has 0 radical (unpaired) electrons. The summed E-state index contributed by atoms with van der Waals surface area (Å²) in [5, 5.41) is 11.8. The molecule has 0 aliphatic rings. The predicted molar refractivity (Wildman–Crippen MR) is 82.5 cm³/mol. The van der Waals surface area contributed by atoms with E-state index >= 15 is 0 Å². The van der Waals surface area contributed by atoms with E-state index in [2.05, 4.69) is 20.7 Å². The Morgan fingerprint density at radius 2 is 2.05 bits per heavy atom. The minimum absolute atomic E-state index is 0.282. The quantitative estimate of drug-likeness (QED) is 0.772. The van der Waals surface area contributed by atoms with Gasteiger partial charge in [0.1, 0.15) is 11.5 Å². The molecule has 1 amide bonds. The maximum absolute atomic E-state index is 12.3. The molecule has 0 saturated heterocycles. The molecule has 6 nitrogen and oxygen atoms in total. The molecular formula is C15H15N5O. The molecule has 2 heterocycles. The fraction of sp³-hybridized carbons (Fsp3) is 0.133. The Morgan fingerprint density at radius 1 is 1.24 bits per heavy atom. The smallest absolute Gasteiger partial charge is 0.275 e. The highest BCUT2D eigenvalue weighted by Gasteiger charge is 2.12. The highest BCUT2D eigenvalue weighted by molar-refractivity contribution is 6.06. The highest BCUT2D eigenvalue weighted by Crippen LogP contribution is 2.22. The minimum atomic E-state index is -0.282. The van der Waals surface area contributed by atoms with Crippen molar-refractivity contribution < 1.29 is 4.79 Å². The SMILES string of the molecule is CNc1nc(C(=O)Nc2ccn(C)n2)cc2ccccc12. The van der Waals surface area contributed by atoms with Gasteiger partial charge in [0.25, 0.3) is 5.91 Å². The van der Waals surface area contributed by atoms with Crippen molar-refractivity contribution in [2.75, 3.05) is 17.7 Å². The van der Waals surface area contributed by atoms with E-state index in [1.165, 1.54) is 0 Å². The summed E-state index contributed by atoms with van der Waals surface area (Å²) in [5.41, 5.74) is 0.351. The summed E-state index contributed by atoms with van der Waals surface area (Å²) in [6.07, 6.45) is 1.77. The molecule has 2 N–H and O–H groups in total. The molecule has 0 atom stereocenters. The maximum Gasteiger partial charge on any atom is 0.275 e. The van der Waals surface area contributed by atoms with Crippen LogP contribution in [0, 0.1) is 0 Å². The highest BCUT2D eigenvalue weighted by atomic mass is 16.2. The second-order valence-electron chi connectivity index (χ2n) is 4.66. The van der Waals surface area contributed by atoms with E-state index in [1.54, 1.807) is 37.1 Å². The first-order valence-electron chi connectivity index (χ1n) is 6.56. The number of nitrogens with one attached hydrogen (secondary N) is 2. The Labute approximate surface area is 121 Å². The van der Waals surface area contributed by atoms with Crippen molar-refractivity contribution in [1.82, 2.24) is 14.8 Å². The van der Waals surface area contributed by atoms with Crippen molar-refractivity contribution >= 4 is 28.3 Å². The third-order valence-electron chi connectivity index (χ3n) is 3.17. The van der Waals surface area contributed by atoms with Crippen molar-refractivity contribution in [3.05, 3.63) is 48.3 Å². The Balaban J connectivity index is 1.98. The molecule has 0 bridgehead atoms. The zero-order chi connectivity index (χ0) is 14.8. The largest absolute Gasteiger partial charge is 0.373 e. The van der Waals surface area contributed by atoms with Crippen molar-refractivity contribution in [2.45, 2.75) is 0 Å². The summed E-state index contributed by atoms with van der Waals surface area (Å²) in [4.78, 5) is 16.6. The summed E-state index contributed by atoms with van der Waals surface area (Å²) < 4.78 is 1.63. The van der Waals surface area contributed by atoms with Gasteiger partial charge in [0, 0.05) is 31.7 Å². The zero-order valence-corrected chi connectivity index (χ0v) is 11.8. The number of carbonyl (C=O) groups is 1. The molecule has 0 fully saturated rings. The normalized spacial score (nSPS) is 10.6. The lowest BCUT2D eigenvalue weighted by molar-refractivity contribution is 0.102. The van der Waals surface area contributed by atoms with E-state index in [-0.39, 0.29) is 5.91 Å². The van der Waals surface area contributed by atoms with Gasteiger partial charge in [-0.3, -0.25) is 9.48 Å². The number of aromatic nitrogens is 3. The Morgan fingerprint density at radius 3 is 2.76 bits per heavy atom. The van der Waals surface area contributed by atoms with Gasteiger partial charge in [0.15, 0.2) is 5.82 Å². The van der Waals surface area contributed by atoms with Crippen LogP contribution in [0.4, 0.5) is 11.6 Å². The van der Waals surface area contributed by atoms with Crippen LogP contribution in [0.25, 0.3) is 10.8 Å². The van der Waals surface area contributed by atoms with E-state index in [9.17, 15) is 4.79 Å². The summed E-state index contributed by atoms with van der Waals surface area (Å²) in [5.74, 6) is 0.902. The standard InChI is InChI=1S/C15H15N5O/c1-16-14-11-6-4-3-5-10(11)9-12(17-14)15(21)18-13-7-8-20(2)19-13/h3-9H,1-2H3,(H,16,17)(H,18,19,21). The fourth-order valence-electron chi connectivity index (χ4n) is 2.17. The Kier molecular flexibility index (Phi) is 3.27. The number of aryl methyl sites for hydroxylation is 1. The second-order valence-corrected chi connectivity index (χ2v) is 4.66. The molecule has 0 spiro atoms. The van der Waals surface area contributed by atoms with E-state index in [0.29, 0.717) is 17.3 Å². The minimum Gasteiger partial charge on any atom is -0.373 e. The molecule has 106 valence electrons. The van der Waals surface area contributed by atoms with Crippen LogP contribution in [0.5, 0.6) is 0 Å². The average Bonchev–Trinajstić information content (AvgIpc) is 2.91. The lowest BCUT2D eigenvalue weighted by atomic mass is 10.1. The molecule has 0 aliphatic carbocycles. The number of fused-ring (bicyclic) bond motifs is 1. The van der Waals surface area contributed by atoms with Crippen molar-refractivity contribution in [3.8, 4) is 0 Å². The first-order chi connectivity index (χ1) is 10.2. The lowest BCUT2D eigenvalue weighted by Crippen LogP contribution is -2.15. The van der Waals surface area contributed by atoms with Gasteiger partial charge in [-0.25, -0.2) is 4.98 Å². The van der Waals surface area contributed by atoms with Crippen molar-refractivity contribution in [1.29, 1.82) is 0 Å². The molecule has 6 heteroatoms. The number of hydrogen-bond donors (Lipinski definition) is 2. The maximum atomic E-state index is 12.3. The van der Waals surface area contributed by atoms with Gasteiger partial charge in [-0.05, 0) is 11.5 Å². The number of amides is 1. The van der Waals surface area contributed by atoms with E-state index in [0.717, 1.165) is 10.8 Å². The lowest BCUT2D eigenvalue weighted by Gasteiger charge is -2.08. The van der Waals surface area contributed by atoms with Gasteiger partial charge in [-0.2, -0.15) is 5.10 Å². The molecule has 0 saturated carbocycles. The van der Waals surface area contributed by atoms with Crippen LogP contribution >= 0.6 is 0 Å². The molecule has 3 rings (SSSR count). The van der Waals surface area contributed by atoms with E-state index in [1.807, 2.05) is 24.3 Å². The third-order valence-corrected chi connectivity index (χ3v) is 3.17. The Bertz CT molecular complexity index is 809. The van der Waals surface area contributed by atoms with Gasteiger partial charge in [-0.15, -0.1) is 0 Å². The van der Waals surface area contributed by atoms with Crippen LogP contribution in [0.3, 0.4) is 0 Å². The summed E-state index contributed by atoms with van der Waals surface area (Å²) in [7, 11) is 3.58. The number of nitrogens with zero attached hydrogens (tertiary/aromatic N) is 3. The van der Waals surface area contributed by atoms with Crippen molar-refractivity contribution in [3.63, 3.8) is 0 Å². The Hall–Kier alpha value is -2.89. The average molecular weight is 281 g/mol. The van der Waals surface area contributed by atoms with Crippen LogP contribution in [0.15, 0.2) is 42.6 Å². The van der Waals surface area contributed by atoms with Crippen LogP contribution in [0.2, 0.25) is 0 Å². The first kappa shape index (κ1) is 13.1. The fourth-order valence-corrected chi connectivity index (χ4v) is 2.17. The number of rotatable bonds is 3. The van der Waals surface area contributed by atoms with Crippen LogP contribution in [-0.4, -0.2) is 27.7 Å². The van der Waals surface area contributed by atoms with Gasteiger partial charge in [0.05, 0.1) is 0 Å². The number of hydrogen-bond acceptors (Lipinski definition) is 4. The summed E-state index contributed by atoms with van der Waals surface area (Å²) >= 11 is 0. The monoisotopic (exact) mass is 281 g/mol. The van der Waals surface area contributed by atoms with E-state index < -0.39 is 0 Å². The van der Waals surface area contributed by atoms with Crippen LogP contribution in [0.1, 0.15) is 10.5 Å². The molecule has 2 aromatic heterocycles. The molecular weight excluding hydrogens is 266 g/mol. The number of carbonyl (C=O) groups excluding carboxylic acids is 1. The number of benzene rings is 1. The van der Waals surface area contributed by atoms with Crippen LogP contribution in [-0.2, 0) is 7.05 Å². The topological polar surface area (TPSA) is 71.8 Å². The molecule has 3 aromatic rings. The van der Waals surface area contributed by atoms with Gasteiger partial charge < -0.3 is 10.6 Å².